The van der Waals surface area contributed by atoms with Gasteiger partial charge in [-0.05, 0) is 36.8 Å². The Labute approximate surface area is 157 Å². The van der Waals surface area contributed by atoms with E-state index in [0.29, 0.717) is 27.9 Å². The highest BCUT2D eigenvalue weighted by Gasteiger charge is 2.18. The van der Waals surface area contributed by atoms with Gasteiger partial charge >= 0.3 is 0 Å². The predicted octanol–water partition coefficient (Wildman–Crippen LogP) is 3.66. The number of rotatable bonds is 6. The molecule has 26 heavy (non-hydrogen) atoms. The van der Waals surface area contributed by atoms with E-state index in [-0.39, 0.29) is 18.4 Å². The number of halogens is 1. The molecule has 0 spiro atoms. The highest BCUT2D eigenvalue weighted by atomic mass is 35.5. The van der Waals surface area contributed by atoms with E-state index in [0.717, 1.165) is 5.56 Å². The number of amides is 2. The van der Waals surface area contributed by atoms with Gasteiger partial charge in [0.15, 0.2) is 0 Å². The van der Waals surface area contributed by atoms with E-state index in [4.69, 9.17) is 21.1 Å². The fraction of sp³-hybridized carbons (Fsp3) is 0.263. The number of hydrogen-bond donors (Lipinski definition) is 1. The predicted molar refractivity (Wildman–Crippen MR) is 102 cm³/mol. The molecule has 2 amide bonds. The van der Waals surface area contributed by atoms with Crippen LogP contribution in [0.3, 0.4) is 0 Å². The second-order valence-electron chi connectivity index (χ2n) is 5.65. The standard InChI is InChI=1S/C19H21ClN2O4/c1-12-5-6-14(9-16(12)20)22(13(2)23)11-19(24)21-17-10-15(25-3)7-8-18(17)26-4/h5-10H,11H2,1-4H3,(H,21,24). The Morgan fingerprint density at radius 3 is 2.42 bits per heavy atom. The SMILES string of the molecule is COc1ccc(OC)c(NC(=O)CN(C(C)=O)c2ccc(C)c(Cl)c2)c1. The molecule has 0 aromatic heterocycles. The van der Waals surface area contributed by atoms with Crippen molar-refractivity contribution in [2.75, 3.05) is 31.0 Å². The van der Waals surface area contributed by atoms with Gasteiger partial charge in [0.05, 0.1) is 19.9 Å². The van der Waals surface area contributed by atoms with Gasteiger partial charge in [-0.3, -0.25) is 9.59 Å². The lowest BCUT2D eigenvalue weighted by molar-refractivity contribution is -0.120. The number of ether oxygens (including phenoxy) is 2. The van der Waals surface area contributed by atoms with Crippen LogP contribution in [-0.2, 0) is 9.59 Å². The van der Waals surface area contributed by atoms with E-state index in [1.807, 2.05) is 6.92 Å². The largest absolute Gasteiger partial charge is 0.497 e. The summed E-state index contributed by atoms with van der Waals surface area (Å²) < 4.78 is 10.4. The van der Waals surface area contributed by atoms with Crippen LogP contribution in [0.5, 0.6) is 11.5 Å². The van der Waals surface area contributed by atoms with E-state index >= 15 is 0 Å². The molecule has 0 heterocycles. The quantitative estimate of drug-likeness (QED) is 0.835. The molecular formula is C19H21ClN2O4. The Morgan fingerprint density at radius 1 is 1.12 bits per heavy atom. The molecule has 0 bridgehead atoms. The van der Waals surface area contributed by atoms with Crippen molar-refractivity contribution in [1.29, 1.82) is 0 Å². The highest BCUT2D eigenvalue weighted by Crippen LogP contribution is 2.29. The Morgan fingerprint density at radius 2 is 1.85 bits per heavy atom. The molecule has 0 aliphatic heterocycles. The first-order valence-electron chi connectivity index (χ1n) is 7.92. The molecular weight excluding hydrogens is 356 g/mol. The van der Waals surface area contributed by atoms with Gasteiger partial charge in [-0.2, -0.15) is 0 Å². The maximum atomic E-state index is 12.5. The molecule has 2 aromatic carbocycles. The first-order chi connectivity index (χ1) is 12.3. The molecule has 2 aromatic rings. The van der Waals surface area contributed by atoms with Gasteiger partial charge in [-0.25, -0.2) is 0 Å². The van der Waals surface area contributed by atoms with Crippen molar-refractivity contribution in [3.05, 3.63) is 47.0 Å². The molecule has 1 N–H and O–H groups in total. The van der Waals surface area contributed by atoms with Crippen molar-refractivity contribution in [3.63, 3.8) is 0 Å². The van der Waals surface area contributed by atoms with Crippen molar-refractivity contribution >= 4 is 34.8 Å². The number of benzene rings is 2. The summed E-state index contributed by atoms with van der Waals surface area (Å²) in [7, 11) is 3.04. The van der Waals surface area contributed by atoms with Crippen LogP contribution in [-0.4, -0.2) is 32.6 Å². The van der Waals surface area contributed by atoms with E-state index in [9.17, 15) is 9.59 Å². The van der Waals surface area contributed by atoms with Gasteiger partial charge in [-0.1, -0.05) is 17.7 Å². The summed E-state index contributed by atoms with van der Waals surface area (Å²) in [6.45, 7) is 3.11. The molecule has 7 heteroatoms. The van der Waals surface area contributed by atoms with Gasteiger partial charge in [0.2, 0.25) is 11.8 Å². The second kappa shape index (κ2) is 8.58. The zero-order valence-corrected chi connectivity index (χ0v) is 15.9. The molecule has 0 saturated carbocycles. The summed E-state index contributed by atoms with van der Waals surface area (Å²) in [5.74, 6) is 0.433. The average Bonchev–Trinajstić information content (AvgIpc) is 2.61. The number of nitrogens with one attached hydrogen (secondary N) is 1. The van der Waals surface area contributed by atoms with Gasteiger partial charge in [-0.15, -0.1) is 0 Å². The zero-order chi connectivity index (χ0) is 19.3. The number of carbonyl (C=O) groups excluding carboxylic acids is 2. The van der Waals surface area contributed by atoms with Gasteiger partial charge in [0, 0.05) is 23.7 Å². The Kier molecular flexibility index (Phi) is 6.46. The van der Waals surface area contributed by atoms with Crippen LogP contribution >= 0.6 is 11.6 Å². The lowest BCUT2D eigenvalue weighted by Crippen LogP contribution is -2.36. The number of hydrogen-bond acceptors (Lipinski definition) is 4. The first kappa shape index (κ1) is 19.6. The minimum atomic E-state index is -0.372. The lowest BCUT2D eigenvalue weighted by Gasteiger charge is -2.21. The molecule has 2 rings (SSSR count). The molecule has 0 aliphatic rings. The third-order valence-electron chi connectivity index (χ3n) is 3.83. The summed E-state index contributed by atoms with van der Waals surface area (Å²) in [6.07, 6.45) is 0. The van der Waals surface area contributed by atoms with Crippen LogP contribution in [0.15, 0.2) is 36.4 Å². The molecule has 0 unspecified atom stereocenters. The zero-order valence-electron chi connectivity index (χ0n) is 15.1. The Balaban J connectivity index is 2.21. The summed E-state index contributed by atoms with van der Waals surface area (Å²) in [5.41, 5.74) is 1.91. The number of nitrogens with zero attached hydrogens (tertiary/aromatic N) is 1. The van der Waals surface area contributed by atoms with E-state index in [1.54, 1.807) is 36.4 Å². The van der Waals surface area contributed by atoms with E-state index < -0.39 is 0 Å². The molecule has 0 fully saturated rings. The van der Waals surface area contributed by atoms with Gasteiger partial charge in [0.25, 0.3) is 0 Å². The van der Waals surface area contributed by atoms with E-state index in [2.05, 4.69) is 5.32 Å². The van der Waals surface area contributed by atoms with Gasteiger partial charge in [0.1, 0.15) is 18.0 Å². The number of methoxy groups -OCH3 is 2. The minimum absolute atomic E-state index is 0.158. The van der Waals surface area contributed by atoms with Crippen LogP contribution in [0.25, 0.3) is 0 Å². The van der Waals surface area contributed by atoms with Crippen LogP contribution < -0.4 is 19.7 Å². The van der Waals surface area contributed by atoms with Crippen molar-refractivity contribution in [1.82, 2.24) is 0 Å². The number of anilines is 2. The average molecular weight is 377 g/mol. The van der Waals surface area contributed by atoms with Crippen LogP contribution in [0, 0.1) is 6.92 Å². The molecule has 6 nitrogen and oxygen atoms in total. The summed E-state index contributed by atoms with van der Waals surface area (Å²) in [5, 5.41) is 3.28. The lowest BCUT2D eigenvalue weighted by atomic mass is 10.2. The fourth-order valence-electron chi connectivity index (χ4n) is 2.38. The van der Waals surface area contributed by atoms with Crippen molar-refractivity contribution in [3.8, 4) is 11.5 Å². The van der Waals surface area contributed by atoms with Crippen LogP contribution in [0.1, 0.15) is 12.5 Å². The van der Waals surface area contributed by atoms with Gasteiger partial charge < -0.3 is 19.7 Å². The normalized spacial score (nSPS) is 10.2. The number of aryl methyl sites for hydroxylation is 1. The second-order valence-corrected chi connectivity index (χ2v) is 6.06. The maximum absolute atomic E-state index is 12.5. The van der Waals surface area contributed by atoms with Crippen molar-refractivity contribution in [2.24, 2.45) is 0 Å². The highest BCUT2D eigenvalue weighted by molar-refractivity contribution is 6.31. The van der Waals surface area contributed by atoms with Crippen LogP contribution in [0.4, 0.5) is 11.4 Å². The summed E-state index contributed by atoms with van der Waals surface area (Å²) >= 11 is 6.13. The molecule has 0 radical (unpaired) electrons. The maximum Gasteiger partial charge on any atom is 0.244 e. The van der Waals surface area contributed by atoms with Crippen molar-refractivity contribution in [2.45, 2.75) is 13.8 Å². The third kappa shape index (κ3) is 4.67. The van der Waals surface area contributed by atoms with Crippen molar-refractivity contribution < 1.29 is 19.1 Å². The monoisotopic (exact) mass is 376 g/mol. The molecule has 0 aliphatic carbocycles. The molecule has 138 valence electrons. The van der Waals surface area contributed by atoms with E-state index in [1.165, 1.54) is 26.0 Å². The summed E-state index contributed by atoms with van der Waals surface area (Å²) in [4.78, 5) is 25.9. The Bertz CT molecular complexity index is 823. The first-order valence-corrected chi connectivity index (χ1v) is 8.29. The third-order valence-corrected chi connectivity index (χ3v) is 4.24. The topological polar surface area (TPSA) is 67.9 Å². The Hall–Kier alpha value is -2.73. The molecule has 0 saturated heterocycles. The summed E-state index contributed by atoms with van der Waals surface area (Å²) in [6, 6.07) is 10.3. The smallest absolute Gasteiger partial charge is 0.244 e. The fourth-order valence-corrected chi connectivity index (χ4v) is 2.55. The van der Waals surface area contributed by atoms with Crippen LogP contribution in [0.2, 0.25) is 5.02 Å². The minimum Gasteiger partial charge on any atom is -0.497 e. The number of carbonyl (C=O) groups is 2. The molecule has 0 atom stereocenters.